The van der Waals surface area contributed by atoms with E-state index in [2.05, 4.69) is 31.0 Å². The summed E-state index contributed by atoms with van der Waals surface area (Å²) in [6.07, 6.45) is 7.60. The fourth-order valence-corrected chi connectivity index (χ4v) is 3.97. The second-order valence-corrected chi connectivity index (χ2v) is 6.70. The van der Waals surface area contributed by atoms with Crippen LogP contribution in [0.3, 0.4) is 0 Å². The van der Waals surface area contributed by atoms with Gasteiger partial charge in [-0.15, -0.1) is 0 Å². The Kier molecular flexibility index (Phi) is 4.88. The third-order valence-corrected chi connectivity index (χ3v) is 4.96. The predicted octanol–water partition coefficient (Wildman–Crippen LogP) is 3.15. The van der Waals surface area contributed by atoms with Crippen molar-refractivity contribution < 1.29 is 4.79 Å². The Hall–Kier alpha value is -0.570. The lowest BCUT2D eigenvalue weighted by Crippen LogP contribution is -2.50. The Balaban J connectivity index is 2.17. The molecule has 0 spiro atoms. The van der Waals surface area contributed by atoms with Gasteiger partial charge in [0, 0.05) is 6.04 Å². The van der Waals surface area contributed by atoms with Crippen LogP contribution in [0.4, 0.5) is 0 Å². The molecule has 0 aromatic heterocycles. The molecule has 110 valence electrons. The van der Waals surface area contributed by atoms with Gasteiger partial charge in [0.2, 0.25) is 5.91 Å². The number of hydrogen-bond donors (Lipinski definition) is 1. The Morgan fingerprint density at radius 2 is 2.00 bits per heavy atom. The summed E-state index contributed by atoms with van der Waals surface area (Å²) >= 11 is 0. The lowest BCUT2D eigenvalue weighted by molar-refractivity contribution is -0.134. The fraction of sp³-hybridized carbons (Fsp3) is 0.938. The summed E-state index contributed by atoms with van der Waals surface area (Å²) in [5.41, 5.74) is 0. The van der Waals surface area contributed by atoms with Crippen molar-refractivity contribution in [3.8, 4) is 0 Å². The average molecular weight is 266 g/mol. The maximum Gasteiger partial charge on any atom is 0.240 e. The van der Waals surface area contributed by atoms with Crippen LogP contribution in [0, 0.1) is 11.8 Å². The maximum atomic E-state index is 12.5. The summed E-state index contributed by atoms with van der Waals surface area (Å²) in [5.74, 6) is 1.69. The van der Waals surface area contributed by atoms with Gasteiger partial charge >= 0.3 is 0 Å². The molecule has 4 unspecified atom stereocenters. The summed E-state index contributed by atoms with van der Waals surface area (Å²) < 4.78 is 0. The lowest BCUT2D eigenvalue weighted by Gasteiger charge is -2.42. The van der Waals surface area contributed by atoms with Crippen molar-refractivity contribution in [3.05, 3.63) is 0 Å². The maximum absolute atomic E-state index is 12.5. The first-order valence-electron chi connectivity index (χ1n) is 8.14. The highest BCUT2D eigenvalue weighted by molar-refractivity contribution is 5.84. The quantitative estimate of drug-likeness (QED) is 0.848. The third-order valence-electron chi connectivity index (χ3n) is 4.96. The molecule has 1 heterocycles. The van der Waals surface area contributed by atoms with Crippen molar-refractivity contribution in [2.45, 2.75) is 84.5 Å². The number of carbonyl (C=O) groups excluding carboxylic acids is 1. The third kappa shape index (κ3) is 2.96. The summed E-state index contributed by atoms with van der Waals surface area (Å²) in [6.45, 7) is 8.84. The molecule has 2 fully saturated rings. The van der Waals surface area contributed by atoms with E-state index < -0.39 is 0 Å². The minimum Gasteiger partial charge on any atom is -0.323 e. The van der Waals surface area contributed by atoms with E-state index in [1.807, 2.05) is 6.92 Å². The average Bonchev–Trinajstić information content (AvgIpc) is 2.65. The van der Waals surface area contributed by atoms with E-state index in [1.54, 1.807) is 0 Å². The Morgan fingerprint density at radius 3 is 2.63 bits per heavy atom. The van der Waals surface area contributed by atoms with Gasteiger partial charge in [-0.25, -0.2) is 0 Å². The van der Waals surface area contributed by atoms with Gasteiger partial charge in [-0.05, 0) is 38.0 Å². The molecule has 0 aromatic rings. The van der Waals surface area contributed by atoms with Crippen LogP contribution >= 0.6 is 0 Å². The number of nitrogens with one attached hydrogen (secondary N) is 1. The zero-order valence-corrected chi connectivity index (χ0v) is 13.0. The largest absolute Gasteiger partial charge is 0.323 e. The summed E-state index contributed by atoms with van der Waals surface area (Å²) in [6, 6.07) is 0.474. The van der Waals surface area contributed by atoms with E-state index in [0.29, 0.717) is 23.8 Å². The van der Waals surface area contributed by atoms with Crippen molar-refractivity contribution in [1.29, 1.82) is 0 Å². The summed E-state index contributed by atoms with van der Waals surface area (Å²) in [5, 5.41) is 3.49. The van der Waals surface area contributed by atoms with E-state index in [9.17, 15) is 4.79 Å². The molecule has 4 atom stereocenters. The normalized spacial score (nSPS) is 36.3. The highest BCUT2D eigenvalue weighted by Crippen LogP contribution is 2.36. The molecule has 1 aliphatic carbocycles. The predicted molar refractivity (Wildman–Crippen MR) is 78.7 cm³/mol. The summed E-state index contributed by atoms with van der Waals surface area (Å²) in [4.78, 5) is 14.7. The van der Waals surface area contributed by atoms with Crippen LogP contribution in [-0.2, 0) is 4.79 Å². The number of amides is 1. The molecular weight excluding hydrogens is 236 g/mol. The molecule has 1 aliphatic heterocycles. The zero-order valence-electron chi connectivity index (χ0n) is 13.0. The van der Waals surface area contributed by atoms with E-state index in [1.165, 1.54) is 25.7 Å². The van der Waals surface area contributed by atoms with Gasteiger partial charge in [0.05, 0.1) is 12.2 Å². The molecule has 1 N–H and O–H groups in total. The Labute approximate surface area is 118 Å². The highest BCUT2D eigenvalue weighted by Gasteiger charge is 2.43. The number of hydrogen-bond acceptors (Lipinski definition) is 2. The number of rotatable bonds is 4. The van der Waals surface area contributed by atoms with Crippen LogP contribution in [0.1, 0.15) is 66.2 Å². The smallest absolute Gasteiger partial charge is 0.240 e. The van der Waals surface area contributed by atoms with Crippen LogP contribution < -0.4 is 5.32 Å². The lowest BCUT2D eigenvalue weighted by atomic mass is 9.77. The molecule has 1 saturated carbocycles. The zero-order chi connectivity index (χ0) is 14.0. The molecular formula is C16H30N2O. The van der Waals surface area contributed by atoms with Gasteiger partial charge in [-0.1, -0.05) is 40.0 Å². The first kappa shape index (κ1) is 14.8. The molecule has 0 radical (unpaired) electrons. The van der Waals surface area contributed by atoms with Gasteiger partial charge in [-0.3, -0.25) is 10.1 Å². The van der Waals surface area contributed by atoms with E-state index in [0.717, 1.165) is 12.8 Å². The van der Waals surface area contributed by atoms with Gasteiger partial charge in [0.15, 0.2) is 0 Å². The van der Waals surface area contributed by atoms with Crippen molar-refractivity contribution in [2.24, 2.45) is 11.8 Å². The number of nitrogens with zero attached hydrogens (tertiary/aromatic N) is 1. The molecule has 2 aliphatic rings. The Bertz CT molecular complexity index is 316. The van der Waals surface area contributed by atoms with Crippen molar-refractivity contribution in [3.63, 3.8) is 0 Å². The molecule has 0 aromatic carbocycles. The molecule has 1 amide bonds. The molecule has 0 bridgehead atoms. The van der Waals surface area contributed by atoms with Gasteiger partial charge in [0.25, 0.3) is 0 Å². The van der Waals surface area contributed by atoms with Crippen LogP contribution in [0.2, 0.25) is 0 Å². The highest BCUT2D eigenvalue weighted by atomic mass is 16.2. The monoisotopic (exact) mass is 266 g/mol. The van der Waals surface area contributed by atoms with Crippen LogP contribution in [0.25, 0.3) is 0 Å². The second kappa shape index (κ2) is 6.25. The molecule has 2 rings (SSSR count). The van der Waals surface area contributed by atoms with E-state index in [-0.39, 0.29) is 12.2 Å². The molecule has 3 heteroatoms. The summed E-state index contributed by atoms with van der Waals surface area (Å²) in [7, 11) is 0. The van der Waals surface area contributed by atoms with Crippen molar-refractivity contribution >= 4 is 5.91 Å². The van der Waals surface area contributed by atoms with Gasteiger partial charge in [-0.2, -0.15) is 0 Å². The molecule has 3 nitrogen and oxygen atoms in total. The minimum atomic E-state index is 0.00582. The first-order valence-corrected chi connectivity index (χ1v) is 8.14. The number of carbonyl (C=O) groups is 1. The topological polar surface area (TPSA) is 32.3 Å². The molecule has 19 heavy (non-hydrogen) atoms. The van der Waals surface area contributed by atoms with Crippen LogP contribution in [0.15, 0.2) is 0 Å². The first-order chi connectivity index (χ1) is 9.06. The van der Waals surface area contributed by atoms with Crippen LogP contribution in [-0.4, -0.2) is 29.1 Å². The van der Waals surface area contributed by atoms with Crippen molar-refractivity contribution in [1.82, 2.24) is 10.2 Å². The second-order valence-electron chi connectivity index (χ2n) is 6.70. The fourth-order valence-electron chi connectivity index (χ4n) is 3.97. The van der Waals surface area contributed by atoms with Gasteiger partial charge < -0.3 is 4.90 Å². The van der Waals surface area contributed by atoms with Gasteiger partial charge in [0.1, 0.15) is 0 Å². The molecule has 1 saturated heterocycles. The van der Waals surface area contributed by atoms with E-state index in [4.69, 9.17) is 0 Å². The Morgan fingerprint density at radius 1 is 1.32 bits per heavy atom. The van der Waals surface area contributed by atoms with E-state index >= 15 is 0 Å². The standard InChI is InChI=1S/C16H30N2O/c1-5-8-15-17-12(4)16(19)18(15)14-10-7-6-9-13(14)11(2)3/h11-15,17H,5-10H2,1-4H3. The SMILES string of the molecule is CCCC1NC(C)C(=O)N1C1CCCCC1C(C)C. The minimum absolute atomic E-state index is 0.00582. The van der Waals surface area contributed by atoms with Crippen molar-refractivity contribution in [2.75, 3.05) is 0 Å². The van der Waals surface area contributed by atoms with Crippen LogP contribution in [0.5, 0.6) is 0 Å².